The molecular weight excluding hydrogens is 244 g/mol. The third-order valence-corrected chi connectivity index (χ3v) is 1.76. The molecule has 0 rings (SSSR count). The Labute approximate surface area is 85.9 Å². The zero-order valence-corrected chi connectivity index (χ0v) is 7.82. The highest BCUT2D eigenvalue weighted by Gasteiger charge is 2.73. The van der Waals surface area contributed by atoms with E-state index in [2.05, 4.69) is 0 Å². The third kappa shape index (κ3) is 2.76. The number of nitrogens with zero attached hydrogens (tertiary/aromatic N) is 1. The van der Waals surface area contributed by atoms with Gasteiger partial charge in [-0.25, -0.2) is 0 Å². The van der Waals surface area contributed by atoms with Crippen LogP contribution in [-0.4, -0.2) is 28.4 Å². The summed E-state index contributed by atoms with van der Waals surface area (Å²) in [5.74, 6) is -3.26. The number of halogens is 6. The molecule has 0 unspecified atom stereocenters. The summed E-state index contributed by atoms with van der Waals surface area (Å²) in [4.78, 5) is 0. The highest BCUT2D eigenvalue weighted by atomic mass is 19.4. The number of hydrogen-bond acceptors (Lipinski definition) is 3. The lowest BCUT2D eigenvalue weighted by Gasteiger charge is -2.34. The van der Waals surface area contributed by atoms with Crippen LogP contribution in [-0.2, 0) is 0 Å². The van der Waals surface area contributed by atoms with E-state index in [1.54, 1.807) is 0 Å². The second-order valence-corrected chi connectivity index (χ2v) is 3.41. The number of aliphatic hydroxyl groups is 2. The molecule has 0 aromatic rings. The fourth-order valence-corrected chi connectivity index (χ4v) is 1.03. The summed E-state index contributed by atoms with van der Waals surface area (Å²) in [5, 5.41) is 25.3. The minimum Gasteiger partial charge on any atom is -0.366 e. The van der Waals surface area contributed by atoms with Crippen molar-refractivity contribution in [1.29, 1.82) is 5.26 Å². The molecule has 0 saturated carbocycles. The van der Waals surface area contributed by atoms with E-state index >= 15 is 0 Å². The first kappa shape index (κ1) is 15.0. The highest BCUT2D eigenvalue weighted by molar-refractivity contribution is 5.10. The average molecular weight is 251 g/mol. The maximum Gasteiger partial charge on any atom is 0.416 e. The van der Waals surface area contributed by atoms with Crippen molar-refractivity contribution in [2.24, 2.45) is 5.41 Å². The molecule has 0 amide bonds. The van der Waals surface area contributed by atoms with Crippen molar-refractivity contribution < 1.29 is 36.6 Å². The van der Waals surface area contributed by atoms with Crippen molar-refractivity contribution in [3.8, 4) is 6.07 Å². The molecule has 3 nitrogen and oxygen atoms in total. The predicted molar refractivity (Wildman–Crippen MR) is 37.6 cm³/mol. The lowest BCUT2D eigenvalue weighted by molar-refractivity contribution is -0.341. The molecule has 2 N–H and O–H groups in total. The average Bonchev–Trinajstić information content (AvgIpc) is 1.93. The summed E-state index contributed by atoms with van der Waals surface area (Å²) in [6.45, 7) is 0.330. The smallest absolute Gasteiger partial charge is 0.366 e. The van der Waals surface area contributed by atoms with Gasteiger partial charge in [0.1, 0.15) is 0 Å². The van der Waals surface area contributed by atoms with Gasteiger partial charge in [0.05, 0.1) is 6.07 Å². The van der Waals surface area contributed by atoms with E-state index < -0.39 is 30.0 Å². The predicted octanol–water partition coefficient (Wildman–Crippen LogP) is 1.71. The zero-order chi connectivity index (χ0) is 13.4. The molecule has 0 aromatic carbocycles. The third-order valence-electron chi connectivity index (χ3n) is 1.76. The molecule has 0 atom stereocenters. The summed E-state index contributed by atoms with van der Waals surface area (Å²) >= 11 is 0. The Kier molecular flexibility index (Phi) is 3.54. The molecule has 0 aliphatic rings. The van der Waals surface area contributed by atoms with E-state index in [1.807, 2.05) is 0 Å². The van der Waals surface area contributed by atoms with Gasteiger partial charge in [0.15, 0.2) is 5.79 Å². The molecule has 0 fully saturated rings. The van der Waals surface area contributed by atoms with Gasteiger partial charge >= 0.3 is 12.4 Å². The van der Waals surface area contributed by atoms with Gasteiger partial charge in [0.2, 0.25) is 0 Å². The molecule has 0 aliphatic carbocycles. The first-order valence-electron chi connectivity index (χ1n) is 3.76. The van der Waals surface area contributed by atoms with Crippen molar-refractivity contribution in [2.75, 3.05) is 0 Å². The van der Waals surface area contributed by atoms with Gasteiger partial charge < -0.3 is 10.2 Å². The minimum absolute atomic E-state index is 0.0820. The molecule has 94 valence electrons. The van der Waals surface area contributed by atoms with E-state index in [0.717, 1.165) is 0 Å². The van der Waals surface area contributed by atoms with E-state index in [-0.39, 0.29) is 6.07 Å². The fraction of sp³-hybridized carbons (Fsp3) is 0.857. The summed E-state index contributed by atoms with van der Waals surface area (Å²) < 4.78 is 73.4. The van der Waals surface area contributed by atoms with Crippen molar-refractivity contribution in [1.82, 2.24) is 0 Å². The Morgan fingerprint density at radius 2 is 1.31 bits per heavy atom. The second kappa shape index (κ2) is 3.78. The van der Waals surface area contributed by atoms with Gasteiger partial charge in [-0.1, -0.05) is 0 Å². The number of rotatable bonds is 2. The molecule has 0 saturated heterocycles. The SMILES string of the molecule is CC(O)(O)CC(C#N)(C(F)(F)F)C(F)(F)F. The Bertz CT molecular complexity index is 280. The van der Waals surface area contributed by atoms with Crippen molar-refractivity contribution in [2.45, 2.75) is 31.5 Å². The van der Waals surface area contributed by atoms with Crippen LogP contribution in [0, 0.1) is 16.7 Å². The van der Waals surface area contributed by atoms with Crippen LogP contribution in [0.4, 0.5) is 26.3 Å². The Hall–Kier alpha value is -1.01. The van der Waals surface area contributed by atoms with Gasteiger partial charge in [-0.05, 0) is 6.92 Å². The molecule has 0 aliphatic heterocycles. The first-order chi connectivity index (χ1) is 6.77. The Morgan fingerprint density at radius 1 is 1.00 bits per heavy atom. The number of hydrogen-bond donors (Lipinski definition) is 2. The lowest BCUT2D eigenvalue weighted by atomic mass is 9.81. The summed E-state index contributed by atoms with van der Waals surface area (Å²) in [6.07, 6.45) is -14.1. The molecule has 0 aromatic heterocycles. The highest BCUT2D eigenvalue weighted by Crippen LogP contribution is 2.53. The quantitative estimate of drug-likeness (QED) is 0.580. The first-order valence-corrected chi connectivity index (χ1v) is 3.76. The summed E-state index contributed by atoms with van der Waals surface area (Å²) in [5.41, 5.74) is -4.79. The van der Waals surface area contributed by atoms with Gasteiger partial charge in [0, 0.05) is 6.42 Å². The maximum atomic E-state index is 12.2. The Balaban J connectivity index is 5.63. The van der Waals surface area contributed by atoms with Crippen LogP contribution in [0.25, 0.3) is 0 Å². The van der Waals surface area contributed by atoms with Gasteiger partial charge in [-0.3, -0.25) is 0 Å². The van der Waals surface area contributed by atoms with Crippen LogP contribution in [0.2, 0.25) is 0 Å². The van der Waals surface area contributed by atoms with Crippen LogP contribution in [0.3, 0.4) is 0 Å². The van der Waals surface area contributed by atoms with Crippen molar-refractivity contribution in [3.63, 3.8) is 0 Å². The number of nitriles is 1. The molecule has 0 bridgehead atoms. The van der Waals surface area contributed by atoms with E-state index in [1.165, 1.54) is 0 Å². The van der Waals surface area contributed by atoms with Gasteiger partial charge in [0.25, 0.3) is 5.41 Å². The summed E-state index contributed by atoms with van der Waals surface area (Å²) in [7, 11) is 0. The Morgan fingerprint density at radius 3 is 1.38 bits per heavy atom. The normalized spacial score (nSPS) is 14.8. The van der Waals surface area contributed by atoms with Crippen molar-refractivity contribution in [3.05, 3.63) is 0 Å². The zero-order valence-electron chi connectivity index (χ0n) is 7.82. The van der Waals surface area contributed by atoms with E-state index in [0.29, 0.717) is 6.92 Å². The van der Waals surface area contributed by atoms with Crippen molar-refractivity contribution >= 4 is 0 Å². The molecular formula is C7H7F6NO2. The second-order valence-electron chi connectivity index (χ2n) is 3.41. The van der Waals surface area contributed by atoms with Crippen LogP contribution >= 0.6 is 0 Å². The fourth-order valence-electron chi connectivity index (χ4n) is 1.03. The summed E-state index contributed by atoms with van der Waals surface area (Å²) in [6, 6.07) is 0.0820. The van der Waals surface area contributed by atoms with E-state index in [4.69, 9.17) is 15.5 Å². The molecule has 0 heterocycles. The standard InChI is InChI=1S/C7H7F6NO2/c1-4(15,16)2-5(3-14,6(8,9)10)7(11,12)13/h15-16H,2H2,1H3. The van der Waals surface area contributed by atoms with E-state index in [9.17, 15) is 26.3 Å². The topological polar surface area (TPSA) is 64.2 Å². The van der Waals surface area contributed by atoms with Crippen LogP contribution in [0.1, 0.15) is 13.3 Å². The van der Waals surface area contributed by atoms with Crippen LogP contribution < -0.4 is 0 Å². The van der Waals surface area contributed by atoms with Crippen LogP contribution in [0.15, 0.2) is 0 Å². The number of alkyl halides is 6. The largest absolute Gasteiger partial charge is 0.416 e. The maximum absolute atomic E-state index is 12.2. The minimum atomic E-state index is -5.95. The molecule has 9 heteroatoms. The molecule has 0 radical (unpaired) electrons. The molecule has 0 spiro atoms. The monoisotopic (exact) mass is 251 g/mol. The van der Waals surface area contributed by atoms with Gasteiger partial charge in [-0.2, -0.15) is 31.6 Å². The van der Waals surface area contributed by atoms with Crippen LogP contribution in [0.5, 0.6) is 0 Å². The molecule has 16 heavy (non-hydrogen) atoms. The van der Waals surface area contributed by atoms with Gasteiger partial charge in [-0.15, -0.1) is 0 Å². The lowest BCUT2D eigenvalue weighted by Crippen LogP contribution is -2.53.